The molecule has 0 fully saturated rings. The number of hydrogen-bond donors (Lipinski definition) is 0. The summed E-state index contributed by atoms with van der Waals surface area (Å²) in [5.41, 5.74) is 16.4. The Kier molecular flexibility index (Phi) is 14.3. The quantitative estimate of drug-likeness (QED) is 0.0852. The van der Waals surface area contributed by atoms with Gasteiger partial charge >= 0.3 is 26.2 Å². The first-order chi connectivity index (χ1) is 15.1. The second kappa shape index (κ2) is 16.5. The third kappa shape index (κ3) is 10.1. The van der Waals surface area contributed by atoms with Crippen molar-refractivity contribution in [3.8, 4) is 0 Å². The molecule has 0 aliphatic rings. The third-order valence-electron chi connectivity index (χ3n) is 5.01. The van der Waals surface area contributed by atoms with Gasteiger partial charge in [-0.2, -0.15) is 0 Å². The van der Waals surface area contributed by atoms with Crippen LogP contribution in [-0.2, 0) is 20.9 Å². The van der Waals surface area contributed by atoms with Crippen LogP contribution in [0.3, 0.4) is 0 Å². The molecule has 0 radical (unpaired) electrons. The number of hydrogen-bond acceptors (Lipinski definition) is 0. The van der Waals surface area contributed by atoms with Crippen LogP contribution in [0.15, 0.2) is 60.2 Å². The van der Waals surface area contributed by atoms with E-state index in [2.05, 4.69) is 91.7 Å². The fourth-order valence-electron chi connectivity index (χ4n) is 3.54. The van der Waals surface area contributed by atoms with Crippen molar-refractivity contribution in [1.29, 1.82) is 0 Å². The Hall–Kier alpha value is -2.17. The van der Waals surface area contributed by atoms with Gasteiger partial charge in [0.1, 0.15) is 0 Å². The molecule has 2 rings (SSSR count). The van der Waals surface area contributed by atoms with E-state index in [1.165, 1.54) is 59.1 Å². The van der Waals surface area contributed by atoms with E-state index >= 15 is 0 Å². The van der Waals surface area contributed by atoms with Gasteiger partial charge in [0.15, 0.2) is 0 Å². The minimum atomic E-state index is 0.943. The molecule has 3 heteroatoms. The second-order valence-electron chi connectivity index (χ2n) is 7.72. The first-order valence-electron chi connectivity index (χ1n) is 11.1. The molecule has 2 aromatic rings. The predicted molar refractivity (Wildman–Crippen MR) is 131 cm³/mol. The van der Waals surface area contributed by atoms with Crippen LogP contribution >= 0.6 is 0 Å². The van der Waals surface area contributed by atoms with Crippen LogP contribution in [0.4, 0.5) is 0 Å². The first kappa shape index (κ1) is 26.9. The molecule has 31 heavy (non-hydrogen) atoms. The summed E-state index contributed by atoms with van der Waals surface area (Å²) < 4.78 is 0. The summed E-state index contributed by atoms with van der Waals surface area (Å²) >= 11 is 1.62. The van der Waals surface area contributed by atoms with E-state index in [1.807, 2.05) is 6.08 Å². The minimum absolute atomic E-state index is 0.943. The summed E-state index contributed by atoms with van der Waals surface area (Å²) in [6.45, 7) is 6.57. The van der Waals surface area contributed by atoms with Gasteiger partial charge in [-0.25, -0.2) is 0 Å². The van der Waals surface area contributed by atoms with Gasteiger partial charge in [-0.3, -0.25) is 0 Å². The summed E-state index contributed by atoms with van der Waals surface area (Å²) in [7, 11) is 0. The molecular weight excluding hydrogens is 423 g/mol. The van der Waals surface area contributed by atoms with Crippen LogP contribution in [0, 0.1) is 6.92 Å². The van der Waals surface area contributed by atoms with E-state index in [1.54, 1.807) is 14.4 Å². The van der Waals surface area contributed by atoms with E-state index < -0.39 is 0 Å². The van der Waals surface area contributed by atoms with Gasteiger partial charge in [0.25, 0.3) is 5.87 Å². The van der Waals surface area contributed by atoms with Crippen molar-refractivity contribution in [3.05, 3.63) is 88.0 Å². The zero-order valence-electron chi connectivity index (χ0n) is 19.9. The number of nitrogens with zero attached hydrogens (tertiary/aromatic N) is 2. The summed E-state index contributed by atoms with van der Waals surface area (Å²) in [6, 6.07) is 17.5. The molecule has 0 saturated heterocycles. The van der Waals surface area contributed by atoms with Crippen LogP contribution in [0.1, 0.15) is 74.6 Å². The van der Waals surface area contributed by atoms with Crippen molar-refractivity contribution in [2.45, 2.75) is 77.5 Å². The van der Waals surface area contributed by atoms with Crippen molar-refractivity contribution >= 4 is 11.4 Å². The van der Waals surface area contributed by atoms with Crippen molar-refractivity contribution in [2.24, 2.45) is 0 Å². The van der Waals surface area contributed by atoms with Gasteiger partial charge in [0, 0.05) is 0 Å². The summed E-state index contributed by atoms with van der Waals surface area (Å²) in [5.74, 6) is 6.78. The molecule has 2 nitrogen and oxygen atoms in total. The van der Waals surface area contributed by atoms with Crippen molar-refractivity contribution in [3.63, 3.8) is 0 Å². The van der Waals surface area contributed by atoms with E-state index in [-0.39, 0.29) is 0 Å². The first-order valence-corrected chi connectivity index (χ1v) is 13.1. The van der Waals surface area contributed by atoms with Crippen molar-refractivity contribution in [1.82, 2.24) is 0 Å². The Bertz CT molecular complexity index is 901. The Labute approximate surface area is 195 Å². The van der Waals surface area contributed by atoms with Crippen LogP contribution in [-0.4, -0.2) is 10.7 Å². The summed E-state index contributed by atoms with van der Waals surface area (Å²) in [6.07, 6.45) is 9.76. The van der Waals surface area contributed by atoms with Crippen LogP contribution in [0.25, 0.3) is 11.1 Å². The molecule has 0 atom stereocenters. The predicted octanol–water partition coefficient (Wildman–Crippen LogP) is 8.34. The van der Waals surface area contributed by atoms with Gasteiger partial charge in [0.05, 0.1) is 6.08 Å². The zero-order valence-corrected chi connectivity index (χ0v) is 20.8. The maximum absolute atomic E-state index is 8.96. The molecule has 170 valence electrons. The molecule has 0 spiro atoms. The molecule has 0 amide bonds. The molecule has 0 saturated carbocycles. The standard InChI is InChI=1S/C26H32N2.2CH3.Ni/c1-4-6-8-14-23(17-18-28-27)26(24-15-9-11-21(3)19-24)25-16-10-13-22(20-25)12-7-5-2;;;/h9-11,13,15-17,19-20H,4-8,12,14H2,1-3H3;2*1H3;. The number of benzene rings is 2. The Morgan fingerprint density at radius 2 is 1.61 bits per heavy atom. The van der Waals surface area contributed by atoms with Gasteiger partial charge < -0.3 is 5.53 Å². The van der Waals surface area contributed by atoms with Gasteiger partial charge in [0.2, 0.25) is 0 Å². The molecule has 0 bridgehead atoms. The molecule has 0 unspecified atom stereocenters. The van der Waals surface area contributed by atoms with Crippen molar-refractivity contribution < 1.29 is 19.2 Å². The summed E-state index contributed by atoms with van der Waals surface area (Å²) in [5, 5.41) is 0. The molecule has 0 heterocycles. The SMILES string of the molecule is CCCCCC(C=C=[N+]=[N-])=C(c1cccc(C)c1)c1cccc(CCCC)c1.[CH3][Ni][CH3]. The fraction of sp³-hybridized carbons (Fsp3) is 0.429. The van der Waals surface area contributed by atoms with Gasteiger partial charge in [-0.15, -0.1) is 4.79 Å². The Morgan fingerprint density at radius 3 is 2.23 bits per heavy atom. The van der Waals surface area contributed by atoms with Crippen molar-refractivity contribution in [2.75, 3.05) is 0 Å². The number of rotatable bonds is 10. The molecule has 0 aromatic heterocycles. The van der Waals surface area contributed by atoms with Crippen LogP contribution in [0.5, 0.6) is 0 Å². The fourth-order valence-corrected chi connectivity index (χ4v) is 3.54. The molecule has 2 aromatic carbocycles. The third-order valence-corrected chi connectivity index (χ3v) is 5.01. The van der Waals surface area contributed by atoms with Gasteiger partial charge in [-0.1, -0.05) is 87.2 Å². The average Bonchev–Trinajstić information content (AvgIpc) is 2.77. The normalized spacial score (nSPS) is 11.0. The Balaban J connectivity index is 0.00000151. The van der Waals surface area contributed by atoms with Crippen LogP contribution in [0.2, 0.25) is 11.8 Å². The maximum atomic E-state index is 8.96. The number of allylic oxidation sites excluding steroid dienone is 2. The number of aryl methyl sites for hydroxylation is 2. The van der Waals surface area contributed by atoms with E-state index in [4.69, 9.17) is 5.53 Å². The van der Waals surface area contributed by atoms with E-state index in [0.717, 1.165) is 19.3 Å². The van der Waals surface area contributed by atoms with Gasteiger partial charge in [-0.05, 0) is 60.4 Å². The Morgan fingerprint density at radius 1 is 0.968 bits per heavy atom. The molecule has 0 N–H and O–H groups in total. The molecule has 0 aliphatic heterocycles. The number of unbranched alkanes of at least 4 members (excludes halogenated alkanes) is 3. The molecule has 0 aliphatic carbocycles. The monoisotopic (exact) mass is 460 g/mol. The average molecular weight is 461 g/mol. The van der Waals surface area contributed by atoms with Crippen LogP contribution < -0.4 is 0 Å². The zero-order chi connectivity index (χ0) is 22.9. The van der Waals surface area contributed by atoms with E-state index in [9.17, 15) is 0 Å². The topological polar surface area (TPSA) is 36.4 Å². The second-order valence-corrected chi connectivity index (χ2v) is 8.71. The summed E-state index contributed by atoms with van der Waals surface area (Å²) in [4.78, 5) is 3.11. The molecular formula is C28H38N2Ni. The van der Waals surface area contributed by atoms with E-state index in [0.29, 0.717) is 0 Å².